The van der Waals surface area contributed by atoms with E-state index in [2.05, 4.69) is 14.9 Å². The van der Waals surface area contributed by atoms with Crippen molar-refractivity contribution in [2.24, 2.45) is 0 Å². The van der Waals surface area contributed by atoms with Gasteiger partial charge in [-0.15, -0.1) is 0 Å². The summed E-state index contributed by atoms with van der Waals surface area (Å²) in [5, 5.41) is 0. The molecule has 0 saturated carbocycles. The lowest BCUT2D eigenvalue weighted by molar-refractivity contribution is -0.0350. The number of anilines is 1. The molecule has 2 aromatic heterocycles. The van der Waals surface area contributed by atoms with Gasteiger partial charge in [-0.1, -0.05) is 6.07 Å². The van der Waals surface area contributed by atoms with Crippen molar-refractivity contribution in [3.05, 3.63) is 41.9 Å². The van der Waals surface area contributed by atoms with Crippen LogP contribution in [0.4, 0.5) is 5.82 Å². The van der Waals surface area contributed by atoms with Gasteiger partial charge in [-0.3, -0.25) is 4.90 Å². The lowest BCUT2D eigenvalue weighted by Gasteiger charge is -2.32. The van der Waals surface area contributed by atoms with Gasteiger partial charge in [0.1, 0.15) is 11.9 Å². The van der Waals surface area contributed by atoms with Gasteiger partial charge in [-0.05, 0) is 12.1 Å². The molecule has 1 atom stereocenters. The highest BCUT2D eigenvalue weighted by Crippen LogP contribution is 2.23. The summed E-state index contributed by atoms with van der Waals surface area (Å²) in [7, 11) is 5.55. The molecule has 3 rings (SSSR count). The normalized spacial score (nSPS) is 18.4. The van der Waals surface area contributed by atoms with Gasteiger partial charge in [-0.2, -0.15) is 0 Å². The second-order valence-electron chi connectivity index (χ2n) is 5.99. The van der Waals surface area contributed by atoms with Crippen molar-refractivity contribution in [3.8, 4) is 6.01 Å². The van der Waals surface area contributed by atoms with Crippen LogP contribution in [0.2, 0.25) is 0 Å². The fraction of sp³-hybridized carbons (Fsp3) is 0.471. The van der Waals surface area contributed by atoms with Crippen LogP contribution >= 0.6 is 0 Å². The number of ether oxygens (including phenoxy) is 2. The Morgan fingerprint density at radius 1 is 1.29 bits per heavy atom. The number of hydrogen-bond acceptors (Lipinski definition) is 7. The molecule has 1 aliphatic rings. The molecule has 1 fully saturated rings. The van der Waals surface area contributed by atoms with Crippen LogP contribution in [0.5, 0.6) is 6.01 Å². The van der Waals surface area contributed by atoms with Crippen molar-refractivity contribution in [2.75, 3.05) is 45.8 Å². The summed E-state index contributed by atoms with van der Waals surface area (Å²) < 4.78 is 10.9. The van der Waals surface area contributed by atoms with E-state index < -0.39 is 0 Å². The lowest BCUT2D eigenvalue weighted by atomic mass is 10.1. The van der Waals surface area contributed by atoms with E-state index in [1.54, 1.807) is 19.5 Å². The van der Waals surface area contributed by atoms with E-state index in [9.17, 15) is 0 Å². The van der Waals surface area contributed by atoms with Gasteiger partial charge >= 0.3 is 6.01 Å². The fourth-order valence-electron chi connectivity index (χ4n) is 2.68. The third kappa shape index (κ3) is 3.98. The van der Waals surface area contributed by atoms with Crippen LogP contribution in [-0.4, -0.2) is 60.8 Å². The van der Waals surface area contributed by atoms with Gasteiger partial charge in [-0.25, -0.2) is 15.0 Å². The summed E-state index contributed by atoms with van der Waals surface area (Å²) in [6, 6.07) is 6.44. The Bertz CT molecular complexity index is 662. The molecule has 2 aromatic rings. The van der Waals surface area contributed by atoms with Crippen LogP contribution in [0.3, 0.4) is 0 Å². The molecule has 128 valence electrons. The summed E-state index contributed by atoms with van der Waals surface area (Å²) in [5.74, 6) is 0.941. The van der Waals surface area contributed by atoms with E-state index in [0.29, 0.717) is 12.6 Å². The molecule has 24 heavy (non-hydrogen) atoms. The first-order valence-corrected chi connectivity index (χ1v) is 7.99. The van der Waals surface area contributed by atoms with Gasteiger partial charge in [0.2, 0.25) is 0 Å². The average molecular weight is 329 g/mol. The lowest BCUT2D eigenvalue weighted by Crippen LogP contribution is -2.38. The maximum Gasteiger partial charge on any atom is 0.316 e. The molecule has 0 spiro atoms. The predicted molar refractivity (Wildman–Crippen MR) is 91.1 cm³/mol. The van der Waals surface area contributed by atoms with Crippen molar-refractivity contribution in [3.63, 3.8) is 0 Å². The van der Waals surface area contributed by atoms with Gasteiger partial charge < -0.3 is 14.4 Å². The Labute approximate surface area is 142 Å². The Kier molecular flexibility index (Phi) is 5.22. The minimum absolute atomic E-state index is 0.0159. The number of pyridine rings is 1. The third-order valence-electron chi connectivity index (χ3n) is 3.96. The molecule has 7 heteroatoms. The smallest absolute Gasteiger partial charge is 0.316 e. The van der Waals surface area contributed by atoms with E-state index >= 15 is 0 Å². The fourth-order valence-corrected chi connectivity index (χ4v) is 2.68. The third-order valence-corrected chi connectivity index (χ3v) is 3.96. The van der Waals surface area contributed by atoms with Gasteiger partial charge in [0, 0.05) is 51.7 Å². The summed E-state index contributed by atoms with van der Waals surface area (Å²) in [4.78, 5) is 17.4. The highest BCUT2D eigenvalue weighted by atomic mass is 16.5. The molecule has 0 bridgehead atoms. The van der Waals surface area contributed by atoms with Crippen LogP contribution in [0, 0.1) is 0 Å². The van der Waals surface area contributed by atoms with E-state index in [0.717, 1.165) is 36.7 Å². The minimum Gasteiger partial charge on any atom is -0.467 e. The Hall–Kier alpha value is -2.25. The van der Waals surface area contributed by atoms with Gasteiger partial charge in [0.05, 0.1) is 19.4 Å². The highest BCUT2D eigenvalue weighted by Gasteiger charge is 2.23. The van der Waals surface area contributed by atoms with E-state index in [4.69, 9.17) is 14.5 Å². The zero-order chi connectivity index (χ0) is 16.9. The number of rotatable bonds is 5. The average Bonchev–Trinajstić information content (AvgIpc) is 2.63. The molecule has 1 saturated heterocycles. The maximum absolute atomic E-state index is 5.93. The van der Waals surface area contributed by atoms with Crippen LogP contribution in [0.25, 0.3) is 0 Å². The zero-order valence-corrected chi connectivity index (χ0v) is 14.3. The van der Waals surface area contributed by atoms with Crippen LogP contribution in [0.1, 0.15) is 17.4 Å². The molecule has 0 radical (unpaired) electrons. The first-order valence-electron chi connectivity index (χ1n) is 7.99. The highest BCUT2D eigenvalue weighted by molar-refractivity contribution is 5.37. The molecular formula is C17H23N5O2. The van der Waals surface area contributed by atoms with Crippen molar-refractivity contribution in [1.29, 1.82) is 0 Å². The maximum atomic E-state index is 5.93. The van der Waals surface area contributed by atoms with Gasteiger partial charge in [0.25, 0.3) is 0 Å². The number of morpholine rings is 1. The minimum atomic E-state index is -0.0159. The summed E-state index contributed by atoms with van der Waals surface area (Å²) >= 11 is 0. The SMILES string of the molecule is COc1ncc(CN2CCO[C@H](c3cccc(N(C)C)n3)C2)cn1. The second-order valence-corrected chi connectivity index (χ2v) is 5.99. The van der Waals surface area contributed by atoms with Crippen molar-refractivity contribution in [1.82, 2.24) is 19.9 Å². The number of hydrogen-bond donors (Lipinski definition) is 0. The topological polar surface area (TPSA) is 63.6 Å². The first-order chi connectivity index (χ1) is 11.7. The Morgan fingerprint density at radius 2 is 2.08 bits per heavy atom. The number of aromatic nitrogens is 3. The molecule has 0 unspecified atom stereocenters. The predicted octanol–water partition coefficient (Wildman–Crippen LogP) is 1.52. The molecule has 0 aromatic carbocycles. The van der Waals surface area contributed by atoms with Crippen molar-refractivity contribution in [2.45, 2.75) is 12.6 Å². The first kappa shape index (κ1) is 16.6. The monoisotopic (exact) mass is 329 g/mol. The molecule has 3 heterocycles. The standard InChI is InChI=1S/C17H23N5O2/c1-21(2)16-6-4-5-14(20-16)15-12-22(7-8-24-15)11-13-9-18-17(23-3)19-10-13/h4-6,9-10,15H,7-8,11-12H2,1-3H3/t15-/m0/s1. The van der Waals surface area contributed by atoms with Crippen LogP contribution in [0.15, 0.2) is 30.6 Å². The van der Waals surface area contributed by atoms with E-state index in [1.807, 2.05) is 37.2 Å². The van der Waals surface area contributed by atoms with E-state index in [-0.39, 0.29) is 6.10 Å². The molecule has 7 nitrogen and oxygen atoms in total. The van der Waals surface area contributed by atoms with Crippen LogP contribution in [-0.2, 0) is 11.3 Å². The molecule has 1 aliphatic heterocycles. The number of nitrogens with zero attached hydrogens (tertiary/aromatic N) is 5. The van der Waals surface area contributed by atoms with E-state index in [1.165, 1.54) is 0 Å². The molecule has 0 amide bonds. The second kappa shape index (κ2) is 7.55. The molecular weight excluding hydrogens is 306 g/mol. The zero-order valence-electron chi connectivity index (χ0n) is 14.3. The van der Waals surface area contributed by atoms with Gasteiger partial charge in [0.15, 0.2) is 0 Å². The Balaban J connectivity index is 1.66. The van der Waals surface area contributed by atoms with Crippen molar-refractivity contribution < 1.29 is 9.47 Å². The number of methoxy groups -OCH3 is 1. The summed E-state index contributed by atoms with van der Waals surface area (Å²) in [5.41, 5.74) is 2.03. The Morgan fingerprint density at radius 3 is 2.79 bits per heavy atom. The molecule has 0 aliphatic carbocycles. The summed E-state index contributed by atoms with van der Waals surface area (Å²) in [6.07, 6.45) is 3.60. The summed E-state index contributed by atoms with van der Waals surface area (Å²) in [6.45, 7) is 3.17. The largest absolute Gasteiger partial charge is 0.467 e. The van der Waals surface area contributed by atoms with Crippen LogP contribution < -0.4 is 9.64 Å². The molecule has 0 N–H and O–H groups in total. The quantitative estimate of drug-likeness (QED) is 0.824. The van der Waals surface area contributed by atoms with Crippen molar-refractivity contribution >= 4 is 5.82 Å².